The Hall–Kier alpha value is -1.94. The third kappa shape index (κ3) is 76.6. The average molecular weight is 1510 g/mol. The van der Waals surface area contributed by atoms with E-state index in [1.165, 1.54) is 231 Å². The van der Waals surface area contributed by atoms with E-state index in [0.717, 1.165) is 114 Å². The van der Waals surface area contributed by atoms with Gasteiger partial charge in [0.25, 0.3) is 0 Å². The topological polar surface area (TPSA) is 237 Å². The Morgan fingerprint density at radius 3 is 0.689 bits per heavy atom. The van der Waals surface area contributed by atoms with Crippen molar-refractivity contribution in [1.29, 1.82) is 0 Å². The SMILES string of the molecule is CCC(C)CCCCCCCCCCCCCCCCC(=O)O[C@H](COC(=O)CCCCCCCCC(C)C)COP(=O)(O)OC[C@H](O)COP(=O)(O)OC[C@@H](COC(=O)CCCCCCCCCCCCCCCCC(C)C)OC(=O)CCCCCCCCCCCCCCCCCCC(C)C. The van der Waals surface area contributed by atoms with E-state index in [0.29, 0.717) is 31.6 Å². The molecule has 17 nitrogen and oxygen atoms in total. The fourth-order valence-corrected chi connectivity index (χ4v) is 14.5. The Kier molecular flexibility index (Phi) is 71.5. The number of aliphatic hydroxyl groups excluding tert-OH is 1. The molecule has 0 aliphatic rings. The molecular formula is C84H164O17P2. The van der Waals surface area contributed by atoms with Crippen LogP contribution >= 0.6 is 15.6 Å². The summed E-state index contributed by atoms with van der Waals surface area (Å²) in [4.78, 5) is 73.1. The van der Waals surface area contributed by atoms with Crippen molar-refractivity contribution >= 4 is 39.5 Å². The molecule has 0 aromatic rings. The van der Waals surface area contributed by atoms with Crippen LogP contribution in [-0.2, 0) is 65.4 Å². The van der Waals surface area contributed by atoms with Gasteiger partial charge in [-0.2, -0.15) is 0 Å². The van der Waals surface area contributed by atoms with Crippen molar-refractivity contribution in [3.05, 3.63) is 0 Å². The van der Waals surface area contributed by atoms with Gasteiger partial charge in [-0.1, -0.05) is 383 Å². The number of aliphatic hydroxyl groups is 1. The second-order valence-electron chi connectivity index (χ2n) is 31.9. The summed E-state index contributed by atoms with van der Waals surface area (Å²) in [5.41, 5.74) is 0. The van der Waals surface area contributed by atoms with Gasteiger partial charge in [-0.05, 0) is 49.4 Å². The second kappa shape index (κ2) is 72.9. The number of ether oxygens (including phenoxy) is 4. The molecule has 0 aliphatic carbocycles. The second-order valence-corrected chi connectivity index (χ2v) is 34.8. The number of esters is 4. The minimum absolute atomic E-state index is 0.106. The van der Waals surface area contributed by atoms with Crippen LogP contribution in [0, 0.1) is 23.7 Å². The predicted octanol–water partition coefficient (Wildman–Crippen LogP) is 25.2. The molecule has 0 heterocycles. The van der Waals surface area contributed by atoms with E-state index in [2.05, 4.69) is 55.4 Å². The van der Waals surface area contributed by atoms with Gasteiger partial charge in [0.1, 0.15) is 19.3 Å². The Balaban J connectivity index is 5.22. The minimum atomic E-state index is -4.96. The van der Waals surface area contributed by atoms with E-state index in [9.17, 15) is 43.2 Å². The van der Waals surface area contributed by atoms with Gasteiger partial charge in [-0.3, -0.25) is 37.3 Å². The summed E-state index contributed by atoms with van der Waals surface area (Å²) in [7, 11) is -9.93. The molecule has 0 aliphatic heterocycles. The van der Waals surface area contributed by atoms with Crippen LogP contribution in [-0.4, -0.2) is 96.7 Å². The smallest absolute Gasteiger partial charge is 0.462 e. The zero-order valence-electron chi connectivity index (χ0n) is 68.0. The van der Waals surface area contributed by atoms with Crippen LogP contribution in [0.25, 0.3) is 0 Å². The molecule has 0 rings (SSSR count). The van der Waals surface area contributed by atoms with Crippen molar-refractivity contribution in [2.45, 2.75) is 453 Å². The molecule has 0 amide bonds. The molecule has 0 aromatic carbocycles. The first-order valence-electron chi connectivity index (χ1n) is 43.2. The molecule has 0 aromatic heterocycles. The van der Waals surface area contributed by atoms with Crippen molar-refractivity contribution in [1.82, 2.24) is 0 Å². The van der Waals surface area contributed by atoms with Gasteiger partial charge in [0.2, 0.25) is 0 Å². The summed E-state index contributed by atoms with van der Waals surface area (Å²) >= 11 is 0. The lowest BCUT2D eigenvalue weighted by Crippen LogP contribution is -2.30. The molecule has 0 bridgehead atoms. The predicted molar refractivity (Wildman–Crippen MR) is 423 cm³/mol. The van der Waals surface area contributed by atoms with Gasteiger partial charge in [0, 0.05) is 25.7 Å². The van der Waals surface area contributed by atoms with Gasteiger partial charge in [-0.15, -0.1) is 0 Å². The zero-order chi connectivity index (χ0) is 76.0. The molecule has 19 heteroatoms. The lowest BCUT2D eigenvalue weighted by molar-refractivity contribution is -0.161. The summed E-state index contributed by atoms with van der Waals surface area (Å²) in [6, 6.07) is 0. The van der Waals surface area contributed by atoms with Gasteiger partial charge >= 0.3 is 39.5 Å². The minimum Gasteiger partial charge on any atom is -0.462 e. The van der Waals surface area contributed by atoms with Crippen LogP contribution in [0.1, 0.15) is 434 Å². The number of carbonyl (C=O) groups excluding carboxylic acids is 4. The van der Waals surface area contributed by atoms with E-state index in [-0.39, 0.29) is 25.7 Å². The highest BCUT2D eigenvalue weighted by Gasteiger charge is 2.30. The van der Waals surface area contributed by atoms with Gasteiger partial charge in [0.15, 0.2) is 12.2 Å². The normalized spacial score (nSPS) is 14.2. The van der Waals surface area contributed by atoms with Crippen molar-refractivity contribution < 1.29 is 80.2 Å². The number of phosphoric acid groups is 2. The average Bonchev–Trinajstić information content (AvgIpc) is 0.914. The Labute approximate surface area is 632 Å². The zero-order valence-corrected chi connectivity index (χ0v) is 69.7. The molecule has 3 N–H and O–H groups in total. The molecule has 103 heavy (non-hydrogen) atoms. The maximum Gasteiger partial charge on any atom is 0.472 e. The van der Waals surface area contributed by atoms with Gasteiger partial charge in [-0.25, -0.2) is 9.13 Å². The quantitative estimate of drug-likeness (QED) is 0.0222. The van der Waals surface area contributed by atoms with Crippen molar-refractivity contribution in [3.8, 4) is 0 Å². The van der Waals surface area contributed by atoms with Crippen LogP contribution in [0.2, 0.25) is 0 Å². The molecular weight excluding hydrogens is 1340 g/mol. The first-order valence-corrected chi connectivity index (χ1v) is 46.2. The van der Waals surface area contributed by atoms with E-state index in [1.54, 1.807) is 0 Å². The number of carbonyl (C=O) groups is 4. The number of phosphoric ester groups is 2. The summed E-state index contributed by atoms with van der Waals surface area (Å²) < 4.78 is 68.8. The molecule has 0 spiro atoms. The third-order valence-electron chi connectivity index (χ3n) is 19.9. The number of rotatable bonds is 81. The number of unbranched alkanes of at least 4 members (excludes halogenated alkanes) is 46. The van der Waals surface area contributed by atoms with Crippen LogP contribution in [0.15, 0.2) is 0 Å². The fraction of sp³-hybridized carbons (Fsp3) is 0.952. The molecule has 3 unspecified atom stereocenters. The van der Waals surface area contributed by atoms with Crippen molar-refractivity contribution in [2.75, 3.05) is 39.6 Å². The van der Waals surface area contributed by atoms with E-state index < -0.39 is 97.5 Å². The van der Waals surface area contributed by atoms with Gasteiger partial charge < -0.3 is 33.8 Å². The summed E-state index contributed by atoms with van der Waals surface area (Å²) in [5.74, 6) is 1.02. The van der Waals surface area contributed by atoms with Gasteiger partial charge in [0.05, 0.1) is 26.4 Å². The molecule has 0 saturated carbocycles. The monoisotopic (exact) mass is 1510 g/mol. The van der Waals surface area contributed by atoms with Crippen LogP contribution in [0.4, 0.5) is 0 Å². The Morgan fingerprint density at radius 1 is 0.272 bits per heavy atom. The highest BCUT2D eigenvalue weighted by atomic mass is 31.2. The summed E-state index contributed by atoms with van der Waals surface area (Å²) in [6.45, 7) is 14.3. The first-order chi connectivity index (χ1) is 49.6. The molecule has 0 fully saturated rings. The Bertz CT molecular complexity index is 2010. The van der Waals surface area contributed by atoms with Crippen LogP contribution in [0.5, 0.6) is 0 Å². The van der Waals surface area contributed by atoms with E-state index in [4.69, 9.17) is 37.0 Å². The Morgan fingerprint density at radius 2 is 0.466 bits per heavy atom. The lowest BCUT2D eigenvalue weighted by atomic mass is 9.99. The van der Waals surface area contributed by atoms with Crippen molar-refractivity contribution in [3.63, 3.8) is 0 Å². The fourth-order valence-electron chi connectivity index (χ4n) is 12.9. The molecule has 0 radical (unpaired) electrons. The van der Waals surface area contributed by atoms with E-state index in [1.807, 2.05) is 0 Å². The standard InChI is InChI=1S/C84H164O17P2/c1-9-77(8)63-55-47-38-32-26-20-15-17-23-29-35-41-51-59-67-84(89)101-80(71-95-82(87)65-57-49-43-42-46-54-62-76(6)7)73-99-103(92,93)97-69-78(85)68-96-102(90,91)98-72-79(70-94-81(86)64-56-48-39-33-27-21-16-14-19-25-31-37-45-53-61-75(4)5)100-83(88)66-58-50-40-34-28-22-13-11-10-12-18-24-30-36-44-52-60-74(2)3/h74-80,85H,9-73H2,1-8H3,(H,90,91)(H,92,93)/t77?,78-,79-,80-/m1/s1. The van der Waals surface area contributed by atoms with Crippen molar-refractivity contribution in [2.24, 2.45) is 23.7 Å². The summed E-state index contributed by atoms with van der Waals surface area (Å²) in [5, 5.41) is 10.7. The highest BCUT2D eigenvalue weighted by molar-refractivity contribution is 7.47. The molecule has 0 saturated heterocycles. The maximum atomic E-state index is 13.1. The third-order valence-corrected chi connectivity index (χ3v) is 21.8. The summed E-state index contributed by atoms with van der Waals surface area (Å²) in [6.07, 6.45) is 61.2. The largest absolute Gasteiger partial charge is 0.472 e. The molecule has 6 atom stereocenters. The lowest BCUT2D eigenvalue weighted by Gasteiger charge is -2.21. The van der Waals surface area contributed by atoms with Crippen LogP contribution in [0.3, 0.4) is 0 Å². The number of hydrogen-bond donors (Lipinski definition) is 3. The van der Waals surface area contributed by atoms with E-state index >= 15 is 0 Å². The first kappa shape index (κ1) is 101. The maximum absolute atomic E-state index is 13.1. The molecule has 612 valence electrons. The highest BCUT2D eigenvalue weighted by Crippen LogP contribution is 2.45. The number of hydrogen-bond acceptors (Lipinski definition) is 15. The van der Waals surface area contributed by atoms with Crippen LogP contribution < -0.4 is 0 Å².